The van der Waals surface area contributed by atoms with E-state index in [1.807, 2.05) is 5.32 Å². The lowest BCUT2D eigenvalue weighted by Gasteiger charge is -2.19. The van der Waals surface area contributed by atoms with Crippen molar-refractivity contribution in [3.8, 4) is 5.88 Å². The first-order chi connectivity index (χ1) is 14.1. The van der Waals surface area contributed by atoms with Crippen molar-refractivity contribution in [3.63, 3.8) is 0 Å². The highest BCUT2D eigenvalue weighted by atomic mass is 19.4. The number of methoxy groups -OCH3 is 1. The van der Waals surface area contributed by atoms with Crippen molar-refractivity contribution < 1.29 is 54.2 Å². The number of hydrogen-bond donors (Lipinski definition) is 1. The standard InChI is InChI=1S/C15H10F8N4O4/c1-27-9(8(14(18,19)20)10(26-27)13(16,17)15(21,22)23)11(28)25-6-3-4-24-7(5-6)31-12(29)30-2/h3-5H,1-2H3,(H,24,25,28). The van der Waals surface area contributed by atoms with Crippen molar-refractivity contribution in [2.45, 2.75) is 18.3 Å². The van der Waals surface area contributed by atoms with Crippen LogP contribution in [0.3, 0.4) is 0 Å². The van der Waals surface area contributed by atoms with Crippen molar-refractivity contribution >= 4 is 17.7 Å². The topological polar surface area (TPSA) is 95.3 Å². The molecule has 0 saturated carbocycles. The maximum Gasteiger partial charge on any atom is 0.514 e. The van der Waals surface area contributed by atoms with Gasteiger partial charge >= 0.3 is 24.4 Å². The zero-order chi connectivity index (χ0) is 23.8. The molecular formula is C15H10F8N4O4. The second-order valence-electron chi connectivity index (χ2n) is 5.66. The van der Waals surface area contributed by atoms with Crippen molar-refractivity contribution in [1.29, 1.82) is 0 Å². The Bertz CT molecular complexity index is 1000. The Kier molecular flexibility index (Phi) is 6.14. The average molecular weight is 462 g/mol. The lowest BCUT2D eigenvalue weighted by molar-refractivity contribution is -0.292. The third-order valence-electron chi connectivity index (χ3n) is 3.55. The van der Waals surface area contributed by atoms with E-state index in [4.69, 9.17) is 0 Å². The molecule has 1 N–H and O–H groups in total. The summed E-state index contributed by atoms with van der Waals surface area (Å²) in [7, 11) is 1.54. The molecule has 0 fully saturated rings. The van der Waals surface area contributed by atoms with Gasteiger partial charge in [-0.05, 0) is 6.07 Å². The quantitative estimate of drug-likeness (QED) is 0.548. The first-order valence-corrected chi connectivity index (χ1v) is 7.72. The van der Waals surface area contributed by atoms with Crippen LogP contribution < -0.4 is 10.1 Å². The summed E-state index contributed by atoms with van der Waals surface area (Å²) in [5.74, 6) is -8.18. The molecule has 2 aromatic heterocycles. The lowest BCUT2D eigenvalue weighted by Crippen LogP contribution is -2.36. The summed E-state index contributed by atoms with van der Waals surface area (Å²) in [5, 5.41) is 4.46. The molecule has 0 unspecified atom stereocenters. The fourth-order valence-corrected chi connectivity index (χ4v) is 2.27. The van der Waals surface area contributed by atoms with Crippen LogP contribution >= 0.6 is 0 Å². The minimum absolute atomic E-state index is 0.0554. The first kappa shape index (κ1) is 23.8. The number of nitrogens with one attached hydrogen (secondary N) is 1. The summed E-state index contributed by atoms with van der Waals surface area (Å²) in [6.07, 6.45) is -12.5. The van der Waals surface area contributed by atoms with Crippen LogP contribution in [0.1, 0.15) is 21.7 Å². The maximum absolute atomic E-state index is 13.6. The van der Waals surface area contributed by atoms with Crippen molar-refractivity contribution in [1.82, 2.24) is 14.8 Å². The van der Waals surface area contributed by atoms with Crippen LogP contribution in [-0.4, -0.2) is 40.1 Å². The Labute approximate surface area is 166 Å². The largest absolute Gasteiger partial charge is 0.514 e. The molecule has 0 radical (unpaired) electrons. The van der Waals surface area contributed by atoms with Gasteiger partial charge in [0.25, 0.3) is 5.91 Å². The van der Waals surface area contributed by atoms with Crippen molar-refractivity contribution in [3.05, 3.63) is 35.3 Å². The summed E-state index contributed by atoms with van der Waals surface area (Å²) in [5.41, 5.74) is -7.18. The van der Waals surface area contributed by atoms with Gasteiger partial charge in [0.05, 0.1) is 7.11 Å². The summed E-state index contributed by atoms with van der Waals surface area (Å²) >= 11 is 0. The number of carbonyl (C=O) groups excluding carboxylic acids is 2. The van der Waals surface area contributed by atoms with Crippen LogP contribution in [-0.2, 0) is 23.9 Å². The number of pyridine rings is 1. The van der Waals surface area contributed by atoms with Gasteiger partial charge in [0.15, 0.2) is 5.69 Å². The van der Waals surface area contributed by atoms with Gasteiger partial charge in [0.1, 0.15) is 11.3 Å². The first-order valence-electron chi connectivity index (χ1n) is 7.72. The van der Waals surface area contributed by atoms with Gasteiger partial charge in [-0.1, -0.05) is 0 Å². The number of ether oxygens (including phenoxy) is 2. The van der Waals surface area contributed by atoms with Gasteiger partial charge in [-0.2, -0.15) is 40.2 Å². The number of anilines is 1. The molecule has 2 rings (SSSR count). The van der Waals surface area contributed by atoms with E-state index in [0.717, 1.165) is 25.4 Å². The van der Waals surface area contributed by atoms with E-state index in [1.165, 1.54) is 0 Å². The van der Waals surface area contributed by atoms with Crippen LogP contribution in [0, 0.1) is 0 Å². The summed E-state index contributed by atoms with van der Waals surface area (Å²) < 4.78 is 114. The number of hydrogen-bond acceptors (Lipinski definition) is 6. The molecule has 170 valence electrons. The number of amides is 1. The van der Waals surface area contributed by atoms with E-state index in [0.29, 0.717) is 7.05 Å². The molecular weight excluding hydrogens is 452 g/mol. The molecule has 0 aliphatic heterocycles. The molecule has 0 aliphatic carbocycles. The average Bonchev–Trinajstić information content (AvgIpc) is 2.99. The fraction of sp³-hybridized carbons (Fsp3) is 0.333. The molecule has 0 saturated heterocycles. The highest BCUT2D eigenvalue weighted by Gasteiger charge is 2.64. The lowest BCUT2D eigenvalue weighted by atomic mass is 10.1. The van der Waals surface area contributed by atoms with E-state index >= 15 is 0 Å². The van der Waals surface area contributed by atoms with Crippen LogP contribution in [0.4, 0.5) is 45.6 Å². The number of nitrogens with zero attached hydrogens (tertiary/aromatic N) is 3. The fourth-order valence-electron chi connectivity index (χ4n) is 2.27. The zero-order valence-electron chi connectivity index (χ0n) is 15.2. The monoisotopic (exact) mass is 462 g/mol. The number of alkyl halides is 8. The van der Waals surface area contributed by atoms with Gasteiger partial charge in [0.2, 0.25) is 5.88 Å². The molecule has 2 aromatic rings. The molecule has 0 spiro atoms. The molecule has 0 aromatic carbocycles. The summed E-state index contributed by atoms with van der Waals surface area (Å²) in [6.45, 7) is 0. The SMILES string of the molecule is COC(=O)Oc1cc(NC(=O)c2c(C(F)(F)F)c(C(F)(F)C(F)(F)F)nn2C)ccn1. The number of rotatable bonds is 4. The normalized spacial score (nSPS) is 12.5. The maximum atomic E-state index is 13.6. The molecule has 0 aliphatic rings. The molecule has 2 heterocycles. The highest BCUT2D eigenvalue weighted by Crippen LogP contribution is 2.48. The van der Waals surface area contributed by atoms with Gasteiger partial charge < -0.3 is 14.8 Å². The number of aryl methyl sites for hydroxylation is 1. The number of aromatic nitrogens is 3. The van der Waals surface area contributed by atoms with E-state index < -0.39 is 53.2 Å². The predicted octanol–water partition coefficient (Wildman–Crippen LogP) is 3.89. The van der Waals surface area contributed by atoms with E-state index in [1.54, 1.807) is 0 Å². The third-order valence-corrected chi connectivity index (χ3v) is 3.55. The molecule has 0 atom stereocenters. The molecule has 16 heteroatoms. The Morgan fingerprint density at radius 3 is 2.23 bits per heavy atom. The van der Waals surface area contributed by atoms with E-state index in [-0.39, 0.29) is 10.4 Å². The number of carbonyl (C=O) groups is 2. The van der Waals surface area contributed by atoms with Gasteiger partial charge in [0, 0.05) is 25.0 Å². The molecule has 31 heavy (non-hydrogen) atoms. The van der Waals surface area contributed by atoms with Crippen LogP contribution in [0.25, 0.3) is 0 Å². The van der Waals surface area contributed by atoms with Gasteiger partial charge in [-0.25, -0.2) is 9.78 Å². The second kappa shape index (κ2) is 7.99. The van der Waals surface area contributed by atoms with Crippen molar-refractivity contribution in [2.24, 2.45) is 7.05 Å². The van der Waals surface area contributed by atoms with Crippen molar-refractivity contribution in [2.75, 3.05) is 12.4 Å². The van der Waals surface area contributed by atoms with E-state index in [2.05, 4.69) is 19.6 Å². The third kappa shape index (κ3) is 4.83. The second-order valence-corrected chi connectivity index (χ2v) is 5.66. The van der Waals surface area contributed by atoms with Crippen LogP contribution in [0.2, 0.25) is 0 Å². The van der Waals surface area contributed by atoms with Crippen LogP contribution in [0.5, 0.6) is 5.88 Å². The predicted molar refractivity (Wildman–Crippen MR) is 83.4 cm³/mol. The zero-order valence-corrected chi connectivity index (χ0v) is 15.2. The Morgan fingerprint density at radius 2 is 1.71 bits per heavy atom. The highest BCUT2D eigenvalue weighted by molar-refractivity contribution is 6.04. The Morgan fingerprint density at radius 1 is 1.10 bits per heavy atom. The Hall–Kier alpha value is -3.46. The summed E-state index contributed by atoms with van der Waals surface area (Å²) in [4.78, 5) is 26.9. The van der Waals surface area contributed by atoms with Crippen LogP contribution in [0.15, 0.2) is 18.3 Å². The Balaban J connectivity index is 2.51. The molecule has 1 amide bonds. The minimum Gasteiger partial charge on any atom is -0.437 e. The summed E-state index contributed by atoms with van der Waals surface area (Å²) in [6, 6.07) is 1.86. The molecule has 0 bridgehead atoms. The minimum atomic E-state index is -6.40. The van der Waals surface area contributed by atoms with Gasteiger partial charge in [-0.3, -0.25) is 9.48 Å². The smallest absolute Gasteiger partial charge is 0.437 e. The molecule has 8 nitrogen and oxygen atoms in total. The number of halogens is 8. The van der Waals surface area contributed by atoms with E-state index in [9.17, 15) is 44.7 Å². The van der Waals surface area contributed by atoms with Gasteiger partial charge in [-0.15, -0.1) is 0 Å².